The Balaban J connectivity index is 1.46. The summed E-state index contributed by atoms with van der Waals surface area (Å²) in [6.07, 6.45) is 5.62. The second-order valence-corrected chi connectivity index (χ2v) is 10.5. The number of hydrogen-bond acceptors (Lipinski definition) is 7. The summed E-state index contributed by atoms with van der Waals surface area (Å²) in [4.78, 5) is 35.5. The summed E-state index contributed by atoms with van der Waals surface area (Å²) in [5, 5.41) is 4.70. The van der Waals surface area contributed by atoms with Crippen molar-refractivity contribution in [2.75, 3.05) is 17.7 Å². The van der Waals surface area contributed by atoms with Crippen LogP contribution in [0.4, 0.5) is 5.00 Å². The topological polar surface area (TPSA) is 81.2 Å². The molecule has 1 aliphatic rings. The van der Waals surface area contributed by atoms with Crippen LogP contribution >= 0.6 is 34.7 Å². The summed E-state index contributed by atoms with van der Waals surface area (Å²) >= 11 is 8.72. The lowest BCUT2D eigenvalue weighted by Gasteiger charge is -2.20. The van der Waals surface area contributed by atoms with Crippen molar-refractivity contribution in [2.24, 2.45) is 5.92 Å². The van der Waals surface area contributed by atoms with Crippen LogP contribution in [-0.2, 0) is 22.4 Å². The molecule has 2 heterocycles. The van der Waals surface area contributed by atoms with E-state index in [0.717, 1.165) is 42.5 Å². The SMILES string of the molecule is CCOC(=O)c1c(NC(=O)CSc2nccc(-c3ccc(Cl)cc3)n2)sc2c1CC[C@@H](CC)C2. The number of esters is 1. The maximum absolute atomic E-state index is 12.8. The Morgan fingerprint density at radius 3 is 2.76 bits per heavy atom. The van der Waals surface area contributed by atoms with Gasteiger partial charge < -0.3 is 10.1 Å². The van der Waals surface area contributed by atoms with Gasteiger partial charge in [0.2, 0.25) is 5.91 Å². The van der Waals surface area contributed by atoms with Crippen molar-refractivity contribution in [3.8, 4) is 11.3 Å². The number of nitrogens with one attached hydrogen (secondary N) is 1. The van der Waals surface area contributed by atoms with Crippen molar-refractivity contribution in [3.05, 3.63) is 57.6 Å². The number of anilines is 1. The van der Waals surface area contributed by atoms with E-state index < -0.39 is 0 Å². The third-order valence-electron chi connectivity index (χ3n) is 5.78. The molecule has 0 spiro atoms. The molecule has 178 valence electrons. The Hall–Kier alpha value is -2.42. The molecule has 0 fully saturated rings. The van der Waals surface area contributed by atoms with Crippen LogP contribution in [0.2, 0.25) is 5.02 Å². The lowest BCUT2D eigenvalue weighted by molar-refractivity contribution is -0.113. The predicted molar refractivity (Wildman–Crippen MR) is 138 cm³/mol. The van der Waals surface area contributed by atoms with Crippen molar-refractivity contribution in [3.63, 3.8) is 0 Å². The van der Waals surface area contributed by atoms with Gasteiger partial charge in [0, 0.05) is 21.7 Å². The molecule has 2 aromatic heterocycles. The summed E-state index contributed by atoms with van der Waals surface area (Å²) in [5.41, 5.74) is 3.24. The normalized spacial score (nSPS) is 15.0. The van der Waals surface area contributed by atoms with E-state index in [0.29, 0.717) is 33.3 Å². The van der Waals surface area contributed by atoms with Crippen LogP contribution in [0.1, 0.15) is 47.5 Å². The highest BCUT2D eigenvalue weighted by molar-refractivity contribution is 7.99. The summed E-state index contributed by atoms with van der Waals surface area (Å²) in [6, 6.07) is 9.22. The minimum absolute atomic E-state index is 0.131. The van der Waals surface area contributed by atoms with Crippen molar-refractivity contribution < 1.29 is 14.3 Å². The molecule has 1 N–H and O–H groups in total. The molecule has 0 bridgehead atoms. The predicted octanol–water partition coefficient (Wildman–Crippen LogP) is 6.28. The van der Waals surface area contributed by atoms with Crippen LogP contribution in [0.25, 0.3) is 11.3 Å². The van der Waals surface area contributed by atoms with Gasteiger partial charge in [-0.2, -0.15) is 0 Å². The second kappa shape index (κ2) is 11.3. The lowest BCUT2D eigenvalue weighted by Crippen LogP contribution is -2.18. The van der Waals surface area contributed by atoms with Gasteiger partial charge in [0.25, 0.3) is 0 Å². The van der Waals surface area contributed by atoms with E-state index in [4.69, 9.17) is 16.3 Å². The summed E-state index contributed by atoms with van der Waals surface area (Å²) in [5.74, 6) is 0.177. The Kier molecular flexibility index (Phi) is 8.24. The van der Waals surface area contributed by atoms with Crippen LogP contribution in [0, 0.1) is 5.92 Å². The van der Waals surface area contributed by atoms with Gasteiger partial charge in [-0.05, 0) is 55.9 Å². The largest absolute Gasteiger partial charge is 0.462 e. The molecule has 6 nitrogen and oxygen atoms in total. The molecule has 0 aliphatic heterocycles. The van der Waals surface area contributed by atoms with Crippen LogP contribution in [0.15, 0.2) is 41.7 Å². The molecule has 1 aromatic carbocycles. The third-order valence-corrected chi connectivity index (χ3v) is 8.07. The number of nitrogens with zero attached hydrogens (tertiary/aromatic N) is 2. The van der Waals surface area contributed by atoms with E-state index in [-0.39, 0.29) is 17.6 Å². The molecule has 1 aliphatic carbocycles. The maximum atomic E-state index is 12.8. The van der Waals surface area contributed by atoms with Crippen molar-refractivity contribution >= 4 is 51.6 Å². The van der Waals surface area contributed by atoms with Gasteiger partial charge in [-0.25, -0.2) is 14.8 Å². The first-order valence-corrected chi connectivity index (χ1v) is 13.5. The van der Waals surface area contributed by atoms with Gasteiger partial charge in [0.1, 0.15) is 5.00 Å². The van der Waals surface area contributed by atoms with Gasteiger partial charge >= 0.3 is 5.97 Å². The average Bonchev–Trinajstić information content (AvgIpc) is 3.20. The molecular formula is C25H26ClN3O3S2. The Labute approximate surface area is 212 Å². The van der Waals surface area contributed by atoms with Crippen molar-refractivity contribution in [2.45, 2.75) is 44.7 Å². The summed E-state index contributed by atoms with van der Waals surface area (Å²) in [6.45, 7) is 4.28. The molecule has 0 saturated carbocycles. The van der Waals surface area contributed by atoms with Crippen molar-refractivity contribution in [1.82, 2.24) is 9.97 Å². The zero-order chi connectivity index (χ0) is 24.1. The van der Waals surface area contributed by atoms with Crippen LogP contribution in [0.3, 0.4) is 0 Å². The zero-order valence-corrected chi connectivity index (χ0v) is 21.5. The number of carbonyl (C=O) groups is 2. The highest BCUT2D eigenvalue weighted by Crippen LogP contribution is 2.41. The molecule has 1 atom stereocenters. The smallest absolute Gasteiger partial charge is 0.341 e. The number of fused-ring (bicyclic) bond motifs is 1. The number of rotatable bonds is 8. The van der Waals surface area contributed by atoms with E-state index >= 15 is 0 Å². The summed E-state index contributed by atoms with van der Waals surface area (Å²) in [7, 11) is 0. The number of amides is 1. The van der Waals surface area contributed by atoms with Crippen LogP contribution < -0.4 is 5.32 Å². The van der Waals surface area contributed by atoms with Crippen LogP contribution in [0.5, 0.6) is 0 Å². The van der Waals surface area contributed by atoms with E-state index in [2.05, 4.69) is 22.2 Å². The van der Waals surface area contributed by atoms with Gasteiger partial charge in [-0.1, -0.05) is 48.8 Å². The molecule has 0 saturated heterocycles. The van der Waals surface area contributed by atoms with E-state index in [1.54, 1.807) is 13.1 Å². The first-order valence-electron chi connectivity index (χ1n) is 11.3. The number of thioether (sulfide) groups is 1. The highest BCUT2D eigenvalue weighted by atomic mass is 35.5. The standard InChI is InChI=1S/C25H26ClN3O3S2/c1-3-15-5-10-18-20(13-15)34-23(22(18)24(31)32-4-2)29-21(30)14-33-25-27-12-11-19(28-25)16-6-8-17(26)9-7-16/h6-9,11-12,15H,3-5,10,13-14H2,1-2H3,(H,29,30)/t15-/m1/s1. The van der Waals surface area contributed by atoms with Gasteiger partial charge in [0.05, 0.1) is 23.6 Å². The number of halogens is 1. The van der Waals surface area contributed by atoms with Crippen molar-refractivity contribution in [1.29, 1.82) is 0 Å². The molecule has 0 radical (unpaired) electrons. The molecule has 34 heavy (non-hydrogen) atoms. The Morgan fingerprint density at radius 1 is 1.24 bits per heavy atom. The molecule has 0 unspecified atom stereocenters. The van der Waals surface area contributed by atoms with E-state index in [1.807, 2.05) is 30.3 Å². The average molecular weight is 516 g/mol. The first kappa shape index (κ1) is 24.7. The molecular weight excluding hydrogens is 490 g/mol. The molecule has 9 heteroatoms. The minimum atomic E-state index is -0.364. The maximum Gasteiger partial charge on any atom is 0.341 e. The third kappa shape index (κ3) is 5.79. The fraction of sp³-hybridized carbons (Fsp3) is 0.360. The molecule has 1 amide bonds. The van der Waals surface area contributed by atoms with E-state index in [9.17, 15) is 9.59 Å². The number of aromatic nitrogens is 2. The lowest BCUT2D eigenvalue weighted by atomic mass is 9.85. The quantitative estimate of drug-likeness (QED) is 0.216. The van der Waals surface area contributed by atoms with Crippen LogP contribution in [-0.4, -0.2) is 34.2 Å². The fourth-order valence-corrected chi connectivity index (χ4v) is 6.12. The molecule has 3 aromatic rings. The van der Waals surface area contributed by atoms with E-state index in [1.165, 1.54) is 28.0 Å². The monoisotopic (exact) mass is 515 g/mol. The number of thiophene rings is 1. The fourth-order valence-electron chi connectivity index (χ4n) is 3.99. The van der Waals surface area contributed by atoms with Gasteiger partial charge in [-0.15, -0.1) is 11.3 Å². The number of ether oxygens (including phenoxy) is 1. The van der Waals surface area contributed by atoms with Gasteiger partial charge in [0.15, 0.2) is 5.16 Å². The Bertz CT molecular complexity index is 1180. The first-order chi connectivity index (χ1) is 16.5. The number of benzene rings is 1. The molecule has 4 rings (SSSR count). The zero-order valence-electron chi connectivity index (χ0n) is 19.1. The highest BCUT2D eigenvalue weighted by Gasteiger charge is 2.29. The second-order valence-electron chi connectivity index (χ2n) is 8.01. The number of carbonyl (C=O) groups excluding carboxylic acids is 2. The summed E-state index contributed by atoms with van der Waals surface area (Å²) < 4.78 is 5.30. The Morgan fingerprint density at radius 2 is 2.03 bits per heavy atom. The number of hydrogen-bond donors (Lipinski definition) is 1. The van der Waals surface area contributed by atoms with Gasteiger partial charge in [-0.3, -0.25) is 4.79 Å². The minimum Gasteiger partial charge on any atom is -0.462 e.